The maximum atomic E-state index is 7.53. The van der Waals surface area contributed by atoms with E-state index in [1.807, 2.05) is 17.4 Å². The van der Waals surface area contributed by atoms with Gasteiger partial charge >= 0.3 is 0 Å². The number of nitrogens with zero attached hydrogens (tertiary/aromatic N) is 3. The van der Waals surface area contributed by atoms with Crippen molar-refractivity contribution in [2.75, 3.05) is 11.9 Å². The summed E-state index contributed by atoms with van der Waals surface area (Å²) in [5.74, 6) is 0. The molecule has 0 aliphatic carbocycles. The van der Waals surface area contributed by atoms with Crippen LogP contribution in [0.1, 0.15) is 30.0 Å². The molecule has 1 aromatic heterocycles. The van der Waals surface area contributed by atoms with Gasteiger partial charge in [-0.15, -0.1) is 0 Å². The second kappa shape index (κ2) is 8.93. The highest BCUT2D eigenvalue weighted by Gasteiger charge is 2.42. The fourth-order valence-corrected chi connectivity index (χ4v) is 6.32. The summed E-state index contributed by atoms with van der Waals surface area (Å²) in [6, 6.07) is 25.3. The molecule has 0 fully saturated rings. The van der Waals surface area contributed by atoms with Crippen molar-refractivity contribution in [3.63, 3.8) is 0 Å². The second-order valence-corrected chi connectivity index (χ2v) is 9.99. The van der Waals surface area contributed by atoms with E-state index in [1.165, 1.54) is 37.7 Å². The average Bonchev–Trinajstić information content (AvgIpc) is 3.32. The Morgan fingerprint density at radius 3 is 2.59 bits per heavy atom. The van der Waals surface area contributed by atoms with Crippen molar-refractivity contribution >= 4 is 39.0 Å². The van der Waals surface area contributed by atoms with E-state index >= 15 is 0 Å². The van der Waals surface area contributed by atoms with E-state index in [4.69, 9.17) is 6.57 Å². The number of rotatable bonds is 5. The van der Waals surface area contributed by atoms with Crippen molar-refractivity contribution in [1.29, 1.82) is 0 Å². The molecular weight excluding hydrogens is 434 g/mol. The summed E-state index contributed by atoms with van der Waals surface area (Å²) < 4.78 is 3.68. The predicted octanol–water partition coefficient (Wildman–Crippen LogP) is 7.31. The molecule has 0 radical (unpaired) electrons. The van der Waals surface area contributed by atoms with Crippen LogP contribution in [0, 0.1) is 6.57 Å². The zero-order valence-corrected chi connectivity index (χ0v) is 20.6. The molecule has 1 aliphatic heterocycles. The lowest BCUT2D eigenvalue weighted by atomic mass is 9.76. The Balaban J connectivity index is 1.58. The number of likely N-dealkylation sites (N-methyl/N-ethyl adjacent to an activating group) is 1. The first-order valence-electron chi connectivity index (χ1n) is 11.6. The number of para-hydroxylation sites is 1. The van der Waals surface area contributed by atoms with E-state index in [0.29, 0.717) is 5.69 Å². The number of thiazole rings is 1. The van der Waals surface area contributed by atoms with Gasteiger partial charge in [-0.3, -0.25) is 0 Å². The molecule has 1 atom stereocenters. The summed E-state index contributed by atoms with van der Waals surface area (Å²) in [5, 5.41) is 1.25. The molecule has 4 aromatic rings. The van der Waals surface area contributed by atoms with Crippen LogP contribution in [0.2, 0.25) is 0 Å². The third-order valence-corrected chi connectivity index (χ3v) is 7.97. The van der Waals surface area contributed by atoms with E-state index in [1.54, 1.807) is 0 Å². The highest BCUT2D eigenvalue weighted by atomic mass is 32.1. The highest BCUT2D eigenvalue weighted by Crippen LogP contribution is 2.50. The zero-order valence-electron chi connectivity index (χ0n) is 19.8. The maximum absolute atomic E-state index is 7.53. The van der Waals surface area contributed by atoms with Gasteiger partial charge < -0.3 is 4.90 Å². The average molecular weight is 463 g/mol. The molecule has 0 bridgehead atoms. The minimum absolute atomic E-state index is 0.225. The topological polar surface area (TPSA) is 11.5 Å². The Hall–Kier alpha value is -3.68. The van der Waals surface area contributed by atoms with E-state index in [0.717, 1.165) is 13.0 Å². The number of fused-ring (bicyclic) bond motifs is 2. The molecule has 2 heterocycles. The molecule has 168 valence electrons. The Bertz CT molecular complexity index is 1460. The number of aryl methyl sites for hydroxylation is 1. The molecule has 3 nitrogen and oxygen atoms in total. The molecule has 0 amide bonds. The third kappa shape index (κ3) is 3.73. The van der Waals surface area contributed by atoms with Gasteiger partial charge in [0.25, 0.3) is 5.01 Å². The molecule has 0 spiro atoms. The van der Waals surface area contributed by atoms with Crippen LogP contribution in [0.25, 0.3) is 21.1 Å². The second-order valence-electron chi connectivity index (χ2n) is 8.93. The van der Waals surface area contributed by atoms with Crippen LogP contribution in [0.3, 0.4) is 0 Å². The fourth-order valence-electron chi connectivity index (χ4n) is 5.18. The first-order valence-corrected chi connectivity index (χ1v) is 12.5. The van der Waals surface area contributed by atoms with Crippen LogP contribution in [-0.2, 0) is 18.4 Å². The maximum Gasteiger partial charge on any atom is 0.262 e. The minimum atomic E-state index is -0.225. The number of hydrogen-bond donors (Lipinski definition) is 0. The zero-order chi connectivity index (χ0) is 23.7. The SMILES string of the molecule is [C-]#[N+]c1ccc2c(c1)C(C)(Cc1ccccc1)C(=CC=Cc1sc3ccccc3[n+]1CC)N2C. The van der Waals surface area contributed by atoms with E-state index in [2.05, 4.69) is 120 Å². The Morgan fingerprint density at radius 1 is 1.06 bits per heavy atom. The first kappa shape index (κ1) is 22.1. The first-order chi connectivity index (χ1) is 16.5. The van der Waals surface area contributed by atoms with Gasteiger partial charge in [-0.2, -0.15) is 4.57 Å². The van der Waals surface area contributed by atoms with Gasteiger partial charge in [-0.1, -0.05) is 72.0 Å². The molecular formula is C30H28N3S+. The Kier molecular flexibility index (Phi) is 5.81. The van der Waals surface area contributed by atoms with E-state index in [-0.39, 0.29) is 5.41 Å². The summed E-state index contributed by atoms with van der Waals surface area (Å²) >= 11 is 1.83. The van der Waals surface area contributed by atoms with Gasteiger partial charge in [0.2, 0.25) is 5.52 Å². The van der Waals surface area contributed by atoms with Crippen LogP contribution in [-0.4, -0.2) is 7.05 Å². The fraction of sp³-hybridized carbons (Fsp3) is 0.200. The van der Waals surface area contributed by atoms with E-state index < -0.39 is 0 Å². The summed E-state index contributed by atoms with van der Waals surface area (Å²) in [4.78, 5) is 6.00. The van der Waals surface area contributed by atoms with Gasteiger partial charge in [-0.25, -0.2) is 4.85 Å². The molecule has 0 saturated carbocycles. The van der Waals surface area contributed by atoms with Crippen LogP contribution in [0.15, 0.2) is 90.6 Å². The lowest BCUT2D eigenvalue weighted by Gasteiger charge is -2.29. The van der Waals surface area contributed by atoms with Crippen LogP contribution in [0.5, 0.6) is 0 Å². The summed E-state index contributed by atoms with van der Waals surface area (Å²) in [6.07, 6.45) is 7.55. The molecule has 0 saturated heterocycles. The third-order valence-electron chi connectivity index (χ3n) is 6.84. The van der Waals surface area contributed by atoms with Gasteiger partial charge in [0.15, 0.2) is 5.69 Å². The predicted molar refractivity (Wildman–Crippen MR) is 143 cm³/mol. The standard InChI is InChI=1S/C30H28N3S/c1-5-33-26-14-9-10-15-27(26)34-29(33)17-11-16-28-30(2,21-22-12-7-6-8-13-22)24-20-23(31-3)18-19-25(24)32(28)4/h6-20H,5,21H2,1-2,4H3/q+1. The minimum Gasteiger partial charge on any atom is -0.347 e. The monoisotopic (exact) mass is 462 g/mol. The molecule has 1 unspecified atom stereocenters. The van der Waals surface area contributed by atoms with Gasteiger partial charge in [0, 0.05) is 36.0 Å². The molecule has 34 heavy (non-hydrogen) atoms. The number of aromatic nitrogens is 1. The largest absolute Gasteiger partial charge is 0.347 e. The quantitative estimate of drug-likeness (QED) is 0.224. The Labute approximate surface area is 205 Å². The summed E-state index contributed by atoms with van der Waals surface area (Å²) in [6.45, 7) is 13.0. The van der Waals surface area contributed by atoms with Crippen molar-refractivity contribution in [1.82, 2.24) is 0 Å². The van der Waals surface area contributed by atoms with E-state index in [9.17, 15) is 0 Å². The lowest BCUT2D eigenvalue weighted by Crippen LogP contribution is -2.33. The van der Waals surface area contributed by atoms with Crippen molar-refractivity contribution < 1.29 is 4.57 Å². The molecule has 1 aliphatic rings. The highest BCUT2D eigenvalue weighted by molar-refractivity contribution is 7.18. The number of anilines is 1. The number of allylic oxidation sites excluding steroid dienone is 3. The smallest absolute Gasteiger partial charge is 0.262 e. The van der Waals surface area contributed by atoms with Gasteiger partial charge in [0.05, 0.1) is 6.57 Å². The van der Waals surface area contributed by atoms with Crippen LogP contribution < -0.4 is 9.47 Å². The molecule has 0 N–H and O–H groups in total. The van der Waals surface area contributed by atoms with Gasteiger partial charge in [0.1, 0.15) is 11.2 Å². The normalized spacial score (nSPS) is 18.6. The van der Waals surface area contributed by atoms with Gasteiger partial charge in [-0.05, 0) is 49.6 Å². The molecule has 3 aromatic carbocycles. The lowest BCUT2D eigenvalue weighted by molar-refractivity contribution is -0.665. The molecule has 4 heteroatoms. The van der Waals surface area contributed by atoms with Crippen molar-refractivity contribution in [2.45, 2.75) is 32.2 Å². The van der Waals surface area contributed by atoms with Crippen LogP contribution >= 0.6 is 11.3 Å². The van der Waals surface area contributed by atoms with Crippen LogP contribution in [0.4, 0.5) is 11.4 Å². The van der Waals surface area contributed by atoms with Crippen molar-refractivity contribution in [3.8, 4) is 0 Å². The van der Waals surface area contributed by atoms with Crippen molar-refractivity contribution in [2.24, 2.45) is 0 Å². The summed E-state index contributed by atoms with van der Waals surface area (Å²) in [7, 11) is 2.14. The molecule has 5 rings (SSSR count). The summed E-state index contributed by atoms with van der Waals surface area (Å²) in [5.41, 5.74) is 6.69. The van der Waals surface area contributed by atoms with Crippen molar-refractivity contribution in [3.05, 3.63) is 118 Å². The number of hydrogen-bond acceptors (Lipinski definition) is 2. The Morgan fingerprint density at radius 2 is 1.82 bits per heavy atom. The number of benzene rings is 3.